The van der Waals surface area contributed by atoms with Crippen molar-refractivity contribution in [3.05, 3.63) is 34.6 Å². The number of carboxylic acid groups (broad SMARTS) is 1. The Morgan fingerprint density at radius 1 is 1.58 bits per heavy atom. The lowest BCUT2D eigenvalue weighted by atomic mass is 9.93. The van der Waals surface area contributed by atoms with Crippen LogP contribution in [0.3, 0.4) is 0 Å². The summed E-state index contributed by atoms with van der Waals surface area (Å²) in [5.41, 5.74) is 0.475. The molecule has 0 saturated carbocycles. The molecule has 1 aromatic rings. The molecule has 1 aliphatic rings. The van der Waals surface area contributed by atoms with Gasteiger partial charge in [-0.1, -0.05) is 17.7 Å². The number of hydrogen-bond donors (Lipinski definition) is 1. The first kappa shape index (κ1) is 13.8. The third kappa shape index (κ3) is 2.42. The van der Waals surface area contributed by atoms with Crippen molar-refractivity contribution in [2.45, 2.75) is 19.4 Å². The molecule has 1 fully saturated rings. The monoisotopic (exact) mass is 285 g/mol. The van der Waals surface area contributed by atoms with E-state index in [0.717, 1.165) is 6.07 Å². The Labute approximate surface area is 114 Å². The van der Waals surface area contributed by atoms with Crippen molar-refractivity contribution in [1.29, 1.82) is 0 Å². The molecule has 2 unspecified atom stereocenters. The Hall–Kier alpha value is -1.62. The summed E-state index contributed by atoms with van der Waals surface area (Å²) in [5.74, 6) is -2.61. The standard InChI is InChI=1S/C13H13ClFNO3/c1-2-16-11(17)6-9(13(18)19)12(16)8-4-3-7(15)5-10(8)14/h3-5,9,12H,2,6H2,1H3,(H,18,19). The molecule has 0 bridgehead atoms. The summed E-state index contributed by atoms with van der Waals surface area (Å²) in [6.07, 6.45) is -0.0540. The molecular formula is C13H13ClFNO3. The van der Waals surface area contributed by atoms with Crippen molar-refractivity contribution in [3.8, 4) is 0 Å². The van der Waals surface area contributed by atoms with Crippen molar-refractivity contribution in [1.82, 2.24) is 4.90 Å². The molecule has 0 aliphatic carbocycles. The van der Waals surface area contributed by atoms with Gasteiger partial charge in [-0.05, 0) is 24.6 Å². The molecule has 0 aromatic heterocycles. The van der Waals surface area contributed by atoms with Crippen LogP contribution in [0.15, 0.2) is 18.2 Å². The molecule has 1 aliphatic heterocycles. The number of benzene rings is 1. The van der Waals surface area contributed by atoms with Crippen LogP contribution in [0, 0.1) is 11.7 Å². The zero-order chi connectivity index (χ0) is 14.2. The topological polar surface area (TPSA) is 57.6 Å². The van der Waals surface area contributed by atoms with E-state index in [4.69, 9.17) is 11.6 Å². The Kier molecular flexibility index (Phi) is 3.75. The van der Waals surface area contributed by atoms with E-state index in [1.807, 2.05) is 0 Å². The Balaban J connectivity index is 2.48. The van der Waals surface area contributed by atoms with Crippen LogP contribution in [0.1, 0.15) is 24.9 Å². The Bertz CT molecular complexity index is 535. The van der Waals surface area contributed by atoms with Crippen molar-refractivity contribution in [2.75, 3.05) is 6.54 Å². The molecule has 1 N–H and O–H groups in total. The molecule has 102 valence electrons. The molecule has 1 aromatic carbocycles. The van der Waals surface area contributed by atoms with Crippen molar-refractivity contribution in [2.24, 2.45) is 5.92 Å². The summed E-state index contributed by atoms with van der Waals surface area (Å²) < 4.78 is 13.1. The number of likely N-dealkylation sites (tertiary alicyclic amines) is 1. The third-order valence-corrected chi connectivity index (χ3v) is 3.70. The molecule has 4 nitrogen and oxygen atoms in total. The van der Waals surface area contributed by atoms with Gasteiger partial charge in [0.15, 0.2) is 0 Å². The van der Waals surface area contributed by atoms with Crippen LogP contribution in [0.5, 0.6) is 0 Å². The summed E-state index contributed by atoms with van der Waals surface area (Å²) >= 11 is 5.98. The average Bonchev–Trinajstić information content (AvgIpc) is 2.66. The molecular weight excluding hydrogens is 273 g/mol. The van der Waals surface area contributed by atoms with Gasteiger partial charge in [-0.25, -0.2) is 4.39 Å². The van der Waals surface area contributed by atoms with Crippen LogP contribution in [-0.2, 0) is 9.59 Å². The van der Waals surface area contributed by atoms with Gasteiger partial charge in [0.05, 0.1) is 12.0 Å². The minimum atomic E-state index is -1.05. The highest BCUT2D eigenvalue weighted by Gasteiger charge is 2.44. The van der Waals surface area contributed by atoms with Crippen LogP contribution in [0.25, 0.3) is 0 Å². The van der Waals surface area contributed by atoms with E-state index in [0.29, 0.717) is 12.1 Å². The number of carbonyl (C=O) groups excluding carboxylic acids is 1. The maximum Gasteiger partial charge on any atom is 0.309 e. The molecule has 0 spiro atoms. The maximum absolute atomic E-state index is 13.1. The second-order valence-corrected chi connectivity index (χ2v) is 4.85. The maximum atomic E-state index is 13.1. The van der Waals surface area contributed by atoms with Crippen LogP contribution in [-0.4, -0.2) is 28.4 Å². The van der Waals surface area contributed by atoms with Crippen LogP contribution in [0.4, 0.5) is 4.39 Å². The van der Waals surface area contributed by atoms with Crippen molar-refractivity contribution < 1.29 is 19.1 Å². The number of carbonyl (C=O) groups is 2. The first-order valence-electron chi connectivity index (χ1n) is 5.93. The lowest BCUT2D eigenvalue weighted by molar-refractivity contribution is -0.142. The van der Waals surface area contributed by atoms with E-state index in [2.05, 4.69) is 0 Å². The van der Waals surface area contributed by atoms with Gasteiger partial charge in [-0.2, -0.15) is 0 Å². The summed E-state index contributed by atoms with van der Waals surface area (Å²) in [7, 11) is 0. The number of hydrogen-bond acceptors (Lipinski definition) is 2. The fraction of sp³-hybridized carbons (Fsp3) is 0.385. The van der Waals surface area contributed by atoms with E-state index in [1.54, 1.807) is 6.92 Å². The van der Waals surface area contributed by atoms with E-state index in [1.165, 1.54) is 17.0 Å². The predicted molar refractivity (Wildman–Crippen MR) is 67.3 cm³/mol. The third-order valence-electron chi connectivity index (χ3n) is 3.37. The fourth-order valence-corrected chi connectivity index (χ4v) is 2.79. The molecule has 2 rings (SSSR count). The van der Waals surface area contributed by atoms with Gasteiger partial charge in [-0.15, -0.1) is 0 Å². The second-order valence-electron chi connectivity index (χ2n) is 4.44. The number of halogens is 2. The highest BCUT2D eigenvalue weighted by Crippen LogP contribution is 2.40. The quantitative estimate of drug-likeness (QED) is 0.928. The predicted octanol–water partition coefficient (Wildman–Crippen LogP) is 2.47. The summed E-state index contributed by atoms with van der Waals surface area (Å²) in [6.45, 7) is 2.16. The van der Waals surface area contributed by atoms with Crippen LogP contribution < -0.4 is 0 Å². The number of amides is 1. The van der Waals surface area contributed by atoms with Gasteiger partial charge in [0.25, 0.3) is 0 Å². The molecule has 1 amide bonds. The van der Waals surface area contributed by atoms with Gasteiger partial charge in [0, 0.05) is 18.0 Å². The van der Waals surface area contributed by atoms with Crippen LogP contribution in [0.2, 0.25) is 5.02 Å². The summed E-state index contributed by atoms with van der Waals surface area (Å²) in [6, 6.07) is 3.16. The van der Waals surface area contributed by atoms with E-state index >= 15 is 0 Å². The minimum absolute atomic E-state index is 0.0540. The van der Waals surface area contributed by atoms with E-state index in [9.17, 15) is 19.1 Å². The smallest absolute Gasteiger partial charge is 0.309 e. The van der Waals surface area contributed by atoms with Gasteiger partial charge in [0.2, 0.25) is 5.91 Å². The van der Waals surface area contributed by atoms with E-state index < -0.39 is 23.7 Å². The lowest BCUT2D eigenvalue weighted by Crippen LogP contribution is -2.30. The Morgan fingerprint density at radius 2 is 2.26 bits per heavy atom. The first-order valence-corrected chi connectivity index (χ1v) is 6.30. The number of aliphatic carboxylic acids is 1. The molecule has 2 atom stereocenters. The van der Waals surface area contributed by atoms with E-state index in [-0.39, 0.29) is 17.4 Å². The van der Waals surface area contributed by atoms with Gasteiger partial charge >= 0.3 is 5.97 Å². The number of nitrogens with zero attached hydrogens (tertiary/aromatic N) is 1. The largest absolute Gasteiger partial charge is 0.481 e. The molecule has 6 heteroatoms. The summed E-state index contributed by atoms with van der Waals surface area (Å²) in [4.78, 5) is 24.6. The van der Waals surface area contributed by atoms with Gasteiger partial charge < -0.3 is 10.0 Å². The van der Waals surface area contributed by atoms with Gasteiger partial charge in [-0.3, -0.25) is 9.59 Å². The minimum Gasteiger partial charge on any atom is -0.481 e. The highest BCUT2D eigenvalue weighted by molar-refractivity contribution is 6.31. The second kappa shape index (κ2) is 5.17. The molecule has 0 radical (unpaired) electrons. The molecule has 1 saturated heterocycles. The van der Waals surface area contributed by atoms with Crippen molar-refractivity contribution in [3.63, 3.8) is 0 Å². The molecule has 1 heterocycles. The fourth-order valence-electron chi connectivity index (χ4n) is 2.51. The number of rotatable bonds is 3. The number of carboxylic acids is 1. The lowest BCUT2D eigenvalue weighted by Gasteiger charge is -2.26. The zero-order valence-electron chi connectivity index (χ0n) is 10.3. The zero-order valence-corrected chi connectivity index (χ0v) is 11.0. The SMILES string of the molecule is CCN1C(=O)CC(C(=O)O)C1c1ccc(F)cc1Cl. The first-order chi connectivity index (χ1) is 8.95. The normalized spacial score (nSPS) is 22.9. The Morgan fingerprint density at radius 3 is 2.79 bits per heavy atom. The molecule has 19 heavy (non-hydrogen) atoms. The van der Waals surface area contributed by atoms with Crippen LogP contribution >= 0.6 is 11.6 Å². The average molecular weight is 286 g/mol. The van der Waals surface area contributed by atoms with Crippen molar-refractivity contribution >= 4 is 23.5 Å². The summed E-state index contributed by atoms with van der Waals surface area (Å²) in [5, 5.41) is 9.37. The van der Waals surface area contributed by atoms with Gasteiger partial charge in [0.1, 0.15) is 5.82 Å². The highest BCUT2D eigenvalue weighted by atomic mass is 35.5.